The zero-order valence-electron chi connectivity index (χ0n) is 12.0. The molecule has 0 spiro atoms. The molecule has 0 fully saturated rings. The van der Waals surface area contributed by atoms with Crippen LogP contribution < -0.4 is 11.2 Å². The van der Waals surface area contributed by atoms with Gasteiger partial charge in [-0.15, -0.1) is 0 Å². The molecule has 22 heavy (non-hydrogen) atoms. The fourth-order valence-electron chi connectivity index (χ4n) is 2.18. The number of aromatic nitrogens is 2. The molecule has 0 radical (unpaired) electrons. The van der Waals surface area contributed by atoms with Gasteiger partial charge in [-0.25, -0.2) is 9.78 Å². The average Bonchev–Trinajstić information content (AvgIpc) is 2.46. The first-order valence-electron chi connectivity index (χ1n) is 6.65. The maximum Gasteiger partial charge on any atom is 0.339 e. The third kappa shape index (κ3) is 2.07. The van der Waals surface area contributed by atoms with Gasteiger partial charge >= 0.3 is 5.97 Å². The molecule has 0 atom stereocenters. The predicted molar refractivity (Wildman–Crippen MR) is 81.0 cm³/mol. The molecule has 3 aromatic heterocycles. The molecule has 3 N–H and O–H groups in total. The molecule has 0 aliphatic heterocycles. The Balaban J connectivity index is 2.43. The number of aromatic carboxylic acids is 1. The lowest BCUT2D eigenvalue weighted by molar-refractivity contribution is 0.0698. The van der Waals surface area contributed by atoms with Crippen molar-refractivity contribution in [2.75, 3.05) is 5.73 Å². The van der Waals surface area contributed by atoms with Crippen molar-refractivity contribution in [2.24, 2.45) is 0 Å². The van der Waals surface area contributed by atoms with Crippen molar-refractivity contribution in [3.63, 3.8) is 0 Å². The van der Waals surface area contributed by atoms with Gasteiger partial charge in [0.1, 0.15) is 11.4 Å². The van der Waals surface area contributed by atoms with Crippen molar-refractivity contribution in [1.82, 2.24) is 9.97 Å². The molecule has 0 bridgehead atoms. The minimum atomic E-state index is -1.25. The summed E-state index contributed by atoms with van der Waals surface area (Å²) >= 11 is 0. The first-order chi connectivity index (χ1) is 10.4. The minimum absolute atomic E-state index is 0.000836. The highest BCUT2D eigenvalue weighted by atomic mass is 16.4. The van der Waals surface area contributed by atoms with Crippen LogP contribution >= 0.6 is 0 Å². The summed E-state index contributed by atoms with van der Waals surface area (Å²) in [6.45, 7) is 3.92. The molecule has 3 heterocycles. The monoisotopic (exact) mass is 299 g/mol. The van der Waals surface area contributed by atoms with E-state index in [0.29, 0.717) is 0 Å². The van der Waals surface area contributed by atoms with Crippen LogP contribution in [0.5, 0.6) is 0 Å². The number of hydrogen-bond donors (Lipinski definition) is 2. The lowest BCUT2D eigenvalue weighted by atomic mass is 10.1. The zero-order valence-corrected chi connectivity index (χ0v) is 12.0. The Morgan fingerprint density at radius 1 is 1.32 bits per heavy atom. The van der Waals surface area contributed by atoms with E-state index in [4.69, 9.17) is 15.3 Å². The van der Waals surface area contributed by atoms with E-state index in [1.165, 1.54) is 6.07 Å². The van der Waals surface area contributed by atoms with Crippen LogP contribution in [0.3, 0.4) is 0 Å². The highest BCUT2D eigenvalue weighted by molar-refractivity contribution is 5.98. The van der Waals surface area contributed by atoms with Crippen molar-refractivity contribution in [2.45, 2.75) is 19.8 Å². The number of nitrogen functional groups attached to an aromatic ring is 1. The van der Waals surface area contributed by atoms with Gasteiger partial charge in [-0.05, 0) is 24.1 Å². The molecule has 7 heteroatoms. The summed E-state index contributed by atoms with van der Waals surface area (Å²) in [6.07, 6.45) is 0. The van der Waals surface area contributed by atoms with Crippen molar-refractivity contribution in [3.05, 3.63) is 39.7 Å². The van der Waals surface area contributed by atoms with E-state index in [1.807, 2.05) is 13.8 Å². The van der Waals surface area contributed by atoms with Crippen LogP contribution in [0.25, 0.3) is 22.2 Å². The number of nitrogens with two attached hydrogens (primary N) is 1. The summed E-state index contributed by atoms with van der Waals surface area (Å²) in [5, 5.41) is 9.13. The fourth-order valence-corrected chi connectivity index (χ4v) is 2.18. The summed E-state index contributed by atoms with van der Waals surface area (Å²) in [4.78, 5) is 31.8. The number of carbonyl (C=O) groups is 1. The second-order valence-corrected chi connectivity index (χ2v) is 5.25. The molecule has 112 valence electrons. The van der Waals surface area contributed by atoms with Crippen molar-refractivity contribution in [1.29, 1.82) is 0 Å². The predicted octanol–water partition coefficient (Wildman–Crippen LogP) is 2.14. The molecule has 0 aliphatic carbocycles. The Labute approximate surface area is 124 Å². The second-order valence-electron chi connectivity index (χ2n) is 5.25. The Hall–Kier alpha value is -2.96. The van der Waals surface area contributed by atoms with Crippen LogP contribution in [-0.4, -0.2) is 21.0 Å². The average molecular weight is 299 g/mol. The Kier molecular flexibility index (Phi) is 3.05. The third-order valence-electron chi connectivity index (χ3n) is 3.39. The molecule has 0 aromatic carbocycles. The van der Waals surface area contributed by atoms with Crippen LogP contribution in [0, 0.1) is 0 Å². The van der Waals surface area contributed by atoms with Crippen LogP contribution in [-0.2, 0) is 0 Å². The van der Waals surface area contributed by atoms with Crippen molar-refractivity contribution < 1.29 is 14.3 Å². The van der Waals surface area contributed by atoms with E-state index in [2.05, 4.69) is 9.97 Å². The smallest absolute Gasteiger partial charge is 0.339 e. The number of carboxylic acids is 1. The second kappa shape index (κ2) is 4.80. The first kappa shape index (κ1) is 14.0. The van der Waals surface area contributed by atoms with E-state index in [-0.39, 0.29) is 39.5 Å². The number of fused-ring (bicyclic) bond motifs is 2. The van der Waals surface area contributed by atoms with Crippen LogP contribution in [0.2, 0.25) is 0 Å². The van der Waals surface area contributed by atoms with Gasteiger partial charge in [0.25, 0.3) is 0 Å². The topological polar surface area (TPSA) is 119 Å². The first-order valence-corrected chi connectivity index (χ1v) is 6.65. The van der Waals surface area contributed by atoms with Crippen LogP contribution in [0.15, 0.2) is 27.4 Å². The molecule has 0 unspecified atom stereocenters. The molecule has 0 aliphatic rings. The lowest BCUT2D eigenvalue weighted by Crippen LogP contribution is -2.11. The number of carboxylic acid groups (broad SMARTS) is 1. The van der Waals surface area contributed by atoms with Crippen molar-refractivity contribution >= 4 is 34.0 Å². The summed E-state index contributed by atoms with van der Waals surface area (Å²) in [7, 11) is 0. The number of pyridine rings is 2. The highest BCUT2D eigenvalue weighted by Crippen LogP contribution is 2.21. The maximum absolute atomic E-state index is 12.6. The van der Waals surface area contributed by atoms with Gasteiger partial charge in [-0.2, -0.15) is 4.98 Å². The quantitative estimate of drug-likeness (QED) is 0.695. The number of hydrogen-bond acceptors (Lipinski definition) is 6. The van der Waals surface area contributed by atoms with E-state index >= 15 is 0 Å². The Morgan fingerprint density at radius 2 is 2.05 bits per heavy atom. The highest BCUT2D eigenvalue weighted by Gasteiger charge is 2.17. The number of rotatable bonds is 2. The van der Waals surface area contributed by atoms with Crippen LogP contribution in [0.4, 0.5) is 5.82 Å². The van der Waals surface area contributed by atoms with Gasteiger partial charge in [-0.3, -0.25) is 4.79 Å². The Morgan fingerprint density at radius 3 is 2.68 bits per heavy atom. The maximum atomic E-state index is 12.6. The SMILES string of the molecule is CC(C)c1ccc2oc3nc(N)c(C(=O)O)cc3c(=O)c2n1. The lowest BCUT2D eigenvalue weighted by Gasteiger charge is -2.07. The molecule has 3 aromatic rings. The summed E-state index contributed by atoms with van der Waals surface area (Å²) in [5.74, 6) is -1.30. The van der Waals surface area contributed by atoms with Gasteiger partial charge in [-0.1, -0.05) is 13.8 Å². The molecular weight excluding hydrogens is 286 g/mol. The van der Waals surface area contributed by atoms with Gasteiger partial charge in [0, 0.05) is 5.69 Å². The Bertz CT molecular complexity index is 976. The van der Waals surface area contributed by atoms with E-state index in [1.54, 1.807) is 12.1 Å². The summed E-state index contributed by atoms with van der Waals surface area (Å²) < 4.78 is 5.53. The van der Waals surface area contributed by atoms with Gasteiger partial charge in [0.05, 0.1) is 5.39 Å². The van der Waals surface area contributed by atoms with Crippen molar-refractivity contribution in [3.8, 4) is 0 Å². The standard InChI is InChI=1S/C15H13N3O4/c1-6(2)9-3-4-10-11(17-9)12(19)7-5-8(15(20)21)13(16)18-14(7)22-10/h3-6H,1-2H3,(H2,16,18)(H,20,21). The van der Waals surface area contributed by atoms with E-state index < -0.39 is 11.4 Å². The molecule has 0 saturated carbocycles. The normalized spacial score (nSPS) is 11.4. The third-order valence-corrected chi connectivity index (χ3v) is 3.39. The van der Waals surface area contributed by atoms with Gasteiger partial charge in [0.2, 0.25) is 11.1 Å². The molecule has 7 nitrogen and oxygen atoms in total. The minimum Gasteiger partial charge on any atom is -0.478 e. The van der Waals surface area contributed by atoms with Gasteiger partial charge in [0.15, 0.2) is 11.1 Å². The van der Waals surface area contributed by atoms with Crippen LogP contribution in [0.1, 0.15) is 35.8 Å². The summed E-state index contributed by atoms with van der Waals surface area (Å²) in [6, 6.07) is 4.60. The van der Waals surface area contributed by atoms with E-state index in [9.17, 15) is 9.59 Å². The molecule has 0 amide bonds. The summed E-state index contributed by atoms with van der Waals surface area (Å²) in [5.41, 5.74) is 6.11. The van der Waals surface area contributed by atoms with E-state index in [0.717, 1.165) is 5.69 Å². The molecular formula is C15H13N3O4. The number of nitrogens with zero attached hydrogens (tertiary/aromatic N) is 2. The molecule has 0 saturated heterocycles. The zero-order chi connectivity index (χ0) is 16.0. The molecule has 3 rings (SSSR count). The fraction of sp³-hybridized carbons (Fsp3) is 0.200. The van der Waals surface area contributed by atoms with Gasteiger partial charge < -0.3 is 15.3 Å². The number of anilines is 1. The largest absolute Gasteiger partial charge is 0.478 e.